The van der Waals surface area contributed by atoms with Gasteiger partial charge in [0.2, 0.25) is 0 Å². The highest BCUT2D eigenvalue weighted by atomic mass is 35.5. The van der Waals surface area contributed by atoms with Crippen LogP contribution in [0, 0.1) is 12.8 Å². The number of piperazine rings is 1. The average Bonchev–Trinajstić information content (AvgIpc) is 3.43. The minimum absolute atomic E-state index is 0.140. The first-order valence-electron chi connectivity index (χ1n) is 9.26. The van der Waals surface area contributed by atoms with E-state index >= 15 is 0 Å². The smallest absolute Gasteiger partial charge is 0.322 e. The summed E-state index contributed by atoms with van der Waals surface area (Å²) in [7, 11) is 1.56. The normalized spacial score (nSPS) is 20.9. The van der Waals surface area contributed by atoms with Crippen molar-refractivity contribution in [1.29, 1.82) is 0 Å². The molecule has 1 aromatic rings. The van der Waals surface area contributed by atoms with E-state index in [2.05, 4.69) is 10.2 Å². The van der Waals surface area contributed by atoms with E-state index in [9.17, 15) is 9.90 Å². The third-order valence-electron chi connectivity index (χ3n) is 5.27. The molecule has 0 radical (unpaired) electrons. The Morgan fingerprint density at radius 3 is 2.81 bits per heavy atom. The first kappa shape index (κ1) is 19.3. The average molecular weight is 382 g/mol. The Morgan fingerprint density at radius 1 is 1.38 bits per heavy atom. The second kappa shape index (κ2) is 8.46. The van der Waals surface area contributed by atoms with Crippen molar-refractivity contribution in [3.63, 3.8) is 0 Å². The van der Waals surface area contributed by atoms with Gasteiger partial charge in [0.25, 0.3) is 0 Å². The molecule has 1 aromatic carbocycles. The maximum absolute atomic E-state index is 12.8. The van der Waals surface area contributed by atoms with Gasteiger partial charge in [-0.1, -0.05) is 11.6 Å². The number of nitrogens with one attached hydrogen (secondary N) is 1. The minimum Gasteiger partial charge on any atom is -0.495 e. The summed E-state index contributed by atoms with van der Waals surface area (Å²) in [5.41, 5.74) is 1.51. The maximum Gasteiger partial charge on any atom is 0.322 e. The summed E-state index contributed by atoms with van der Waals surface area (Å²) >= 11 is 6.13. The van der Waals surface area contributed by atoms with Crippen LogP contribution in [0.3, 0.4) is 0 Å². The molecule has 6 nitrogen and oxygen atoms in total. The highest BCUT2D eigenvalue weighted by molar-refractivity contribution is 6.31. The molecule has 1 saturated carbocycles. The molecule has 0 unspecified atom stereocenters. The third kappa shape index (κ3) is 4.61. The van der Waals surface area contributed by atoms with Crippen molar-refractivity contribution in [1.82, 2.24) is 9.80 Å². The summed E-state index contributed by atoms with van der Waals surface area (Å²) in [5, 5.41) is 13.0. The number of nitrogens with zero attached hydrogens (tertiary/aromatic N) is 2. The van der Waals surface area contributed by atoms with E-state index in [1.807, 2.05) is 17.9 Å². The number of aliphatic hydroxyl groups excluding tert-OH is 1. The van der Waals surface area contributed by atoms with Crippen molar-refractivity contribution in [3.8, 4) is 5.75 Å². The number of aliphatic hydroxyl groups is 1. The maximum atomic E-state index is 12.8. The van der Waals surface area contributed by atoms with Gasteiger partial charge in [-0.25, -0.2) is 4.79 Å². The summed E-state index contributed by atoms with van der Waals surface area (Å²) < 4.78 is 5.34. The highest BCUT2D eigenvalue weighted by Gasteiger charge is 2.33. The molecule has 0 spiro atoms. The van der Waals surface area contributed by atoms with Gasteiger partial charge >= 0.3 is 6.03 Å². The minimum atomic E-state index is -0.140. The Morgan fingerprint density at radius 2 is 2.15 bits per heavy atom. The second-order valence-corrected chi connectivity index (χ2v) is 7.69. The van der Waals surface area contributed by atoms with Crippen molar-refractivity contribution in [2.24, 2.45) is 5.92 Å². The van der Waals surface area contributed by atoms with E-state index in [1.54, 1.807) is 13.2 Å². The van der Waals surface area contributed by atoms with E-state index in [0.717, 1.165) is 24.6 Å². The predicted molar refractivity (Wildman–Crippen MR) is 103 cm³/mol. The molecule has 1 aliphatic heterocycles. The lowest BCUT2D eigenvalue weighted by molar-refractivity contribution is 0.0739. The number of anilines is 1. The van der Waals surface area contributed by atoms with Gasteiger partial charge < -0.3 is 20.1 Å². The number of aryl methyl sites for hydroxylation is 1. The number of rotatable bonds is 6. The SMILES string of the molecule is COc1cc(Cl)c(C)cc1NC(=O)N1CCN(CC2CC2)[C@H](CCO)C1. The fourth-order valence-electron chi connectivity index (χ4n) is 3.50. The molecule has 7 heteroatoms. The van der Waals surface area contributed by atoms with Crippen LogP contribution in [0.1, 0.15) is 24.8 Å². The van der Waals surface area contributed by atoms with E-state index in [-0.39, 0.29) is 18.7 Å². The van der Waals surface area contributed by atoms with Crippen molar-refractivity contribution in [2.75, 3.05) is 45.2 Å². The van der Waals surface area contributed by atoms with Gasteiger partial charge in [0, 0.05) is 49.9 Å². The fourth-order valence-corrected chi connectivity index (χ4v) is 3.65. The Kier molecular flexibility index (Phi) is 6.27. The Hall–Kier alpha value is -1.50. The molecule has 0 bridgehead atoms. The van der Waals surface area contributed by atoms with Crippen LogP contribution in [0.5, 0.6) is 5.75 Å². The Bertz CT molecular complexity index is 651. The number of methoxy groups -OCH3 is 1. The van der Waals surface area contributed by atoms with Crippen LogP contribution in [-0.4, -0.2) is 66.9 Å². The summed E-state index contributed by atoms with van der Waals surface area (Å²) in [4.78, 5) is 17.0. The number of ether oxygens (including phenoxy) is 1. The van der Waals surface area contributed by atoms with Crippen LogP contribution in [0.15, 0.2) is 12.1 Å². The van der Waals surface area contributed by atoms with Gasteiger partial charge in [-0.3, -0.25) is 4.90 Å². The monoisotopic (exact) mass is 381 g/mol. The number of urea groups is 1. The van der Waals surface area contributed by atoms with Crippen LogP contribution < -0.4 is 10.1 Å². The summed E-state index contributed by atoms with van der Waals surface area (Å²) in [6, 6.07) is 3.62. The van der Waals surface area contributed by atoms with Crippen LogP contribution in [-0.2, 0) is 0 Å². The van der Waals surface area contributed by atoms with Gasteiger partial charge in [-0.15, -0.1) is 0 Å². The number of benzene rings is 1. The van der Waals surface area contributed by atoms with Crippen LogP contribution in [0.2, 0.25) is 5.02 Å². The van der Waals surface area contributed by atoms with Crippen molar-refractivity contribution in [2.45, 2.75) is 32.2 Å². The summed E-state index contributed by atoms with van der Waals surface area (Å²) in [5.74, 6) is 1.35. The zero-order valence-corrected chi connectivity index (χ0v) is 16.3. The number of amides is 2. The number of halogens is 1. The molecule has 1 atom stereocenters. The zero-order chi connectivity index (χ0) is 18.7. The van der Waals surface area contributed by atoms with Gasteiger partial charge in [-0.05, 0) is 43.7 Å². The van der Waals surface area contributed by atoms with Crippen molar-refractivity contribution in [3.05, 3.63) is 22.7 Å². The molecule has 1 aliphatic carbocycles. The third-order valence-corrected chi connectivity index (χ3v) is 5.67. The first-order valence-corrected chi connectivity index (χ1v) is 9.64. The van der Waals surface area contributed by atoms with Gasteiger partial charge in [0.1, 0.15) is 5.75 Å². The van der Waals surface area contributed by atoms with Gasteiger partial charge in [0.05, 0.1) is 12.8 Å². The topological polar surface area (TPSA) is 65.0 Å². The van der Waals surface area contributed by atoms with Gasteiger partial charge in [-0.2, -0.15) is 0 Å². The molecule has 1 saturated heterocycles. The van der Waals surface area contributed by atoms with E-state index in [4.69, 9.17) is 16.3 Å². The Labute approximate surface area is 160 Å². The molecule has 2 aliphatic rings. The van der Waals surface area contributed by atoms with Crippen molar-refractivity contribution >= 4 is 23.3 Å². The van der Waals surface area contributed by atoms with Crippen LogP contribution >= 0.6 is 11.6 Å². The molecule has 2 amide bonds. The molecular weight excluding hydrogens is 354 g/mol. The first-order chi connectivity index (χ1) is 12.5. The van der Waals surface area contributed by atoms with E-state index < -0.39 is 0 Å². The molecule has 0 aromatic heterocycles. The highest BCUT2D eigenvalue weighted by Crippen LogP contribution is 2.32. The molecule has 3 rings (SSSR count). The summed E-state index contributed by atoms with van der Waals surface area (Å²) in [6.45, 7) is 5.30. The lowest BCUT2D eigenvalue weighted by atomic mass is 10.1. The quantitative estimate of drug-likeness (QED) is 0.795. The zero-order valence-electron chi connectivity index (χ0n) is 15.5. The van der Waals surface area contributed by atoms with E-state index in [0.29, 0.717) is 36.0 Å². The van der Waals surface area contributed by atoms with E-state index in [1.165, 1.54) is 12.8 Å². The van der Waals surface area contributed by atoms with Crippen LogP contribution in [0.25, 0.3) is 0 Å². The summed E-state index contributed by atoms with van der Waals surface area (Å²) in [6.07, 6.45) is 3.31. The molecule has 2 fully saturated rings. The molecule has 1 heterocycles. The largest absolute Gasteiger partial charge is 0.495 e. The Balaban J connectivity index is 1.65. The molecule has 2 N–H and O–H groups in total. The molecular formula is C19H28ClN3O3. The standard InChI is InChI=1S/C19H28ClN3O3/c1-13-9-17(18(26-2)10-16(13)20)21-19(25)23-7-6-22(11-14-3-4-14)15(12-23)5-8-24/h9-10,14-15,24H,3-8,11-12H2,1-2H3,(H,21,25)/t15-/m1/s1. The fraction of sp³-hybridized carbons (Fsp3) is 0.632. The number of carbonyl (C=O) groups is 1. The number of carbonyl (C=O) groups excluding carboxylic acids is 1. The van der Waals surface area contributed by atoms with Crippen LogP contribution in [0.4, 0.5) is 10.5 Å². The van der Waals surface area contributed by atoms with Gasteiger partial charge in [0.15, 0.2) is 0 Å². The van der Waals surface area contributed by atoms with Crippen molar-refractivity contribution < 1.29 is 14.6 Å². The predicted octanol–water partition coefficient (Wildman–Crippen LogP) is 2.97. The molecule has 26 heavy (non-hydrogen) atoms. The molecule has 144 valence electrons. The second-order valence-electron chi connectivity index (χ2n) is 7.28. The number of hydrogen-bond acceptors (Lipinski definition) is 4. The lowest BCUT2D eigenvalue weighted by Crippen LogP contribution is -2.56. The number of hydrogen-bond donors (Lipinski definition) is 2. The lowest BCUT2D eigenvalue weighted by Gasteiger charge is -2.41.